The molecule has 1 amide bonds. The Morgan fingerprint density at radius 2 is 2.06 bits per heavy atom. The summed E-state index contributed by atoms with van der Waals surface area (Å²) in [4.78, 5) is 24.3. The quantitative estimate of drug-likeness (QED) is 0.244. The maximum Gasteiger partial charge on any atom is 0.234 e. The van der Waals surface area contributed by atoms with Gasteiger partial charge in [0.15, 0.2) is 5.16 Å². The van der Waals surface area contributed by atoms with Crippen LogP contribution in [-0.4, -0.2) is 40.1 Å². The summed E-state index contributed by atoms with van der Waals surface area (Å²) in [5, 5.41) is 5.64. The van der Waals surface area contributed by atoms with Gasteiger partial charge < -0.3 is 14.8 Å². The van der Waals surface area contributed by atoms with Gasteiger partial charge in [0.25, 0.3) is 0 Å². The van der Waals surface area contributed by atoms with E-state index in [4.69, 9.17) is 19.4 Å². The van der Waals surface area contributed by atoms with Gasteiger partial charge in [-0.15, -0.1) is 11.3 Å². The molecule has 4 rings (SSSR count). The number of thiophene rings is 1. The van der Waals surface area contributed by atoms with Crippen molar-refractivity contribution in [1.29, 1.82) is 0 Å². The highest BCUT2D eigenvalue weighted by Crippen LogP contribution is 2.43. The van der Waals surface area contributed by atoms with Crippen LogP contribution in [0.15, 0.2) is 34.4 Å². The van der Waals surface area contributed by atoms with Crippen LogP contribution in [0.3, 0.4) is 0 Å². The van der Waals surface area contributed by atoms with Crippen molar-refractivity contribution in [2.24, 2.45) is 0 Å². The number of carbonyl (C=O) groups excluding carboxylic acids is 1. The Hall–Kier alpha value is -1.81. The average Bonchev–Trinajstić information content (AvgIpc) is 3.16. The lowest BCUT2D eigenvalue weighted by atomic mass is 9.90. The summed E-state index contributed by atoms with van der Waals surface area (Å²) in [6.07, 6.45) is 3.76. The van der Waals surface area contributed by atoms with Gasteiger partial charge in [-0.25, -0.2) is 9.97 Å². The lowest BCUT2D eigenvalue weighted by Gasteiger charge is -2.33. The molecule has 9 heteroatoms. The molecule has 0 aliphatic carbocycles. The SMILES string of the molecule is CCOc1ccc(NC(=O)CSc2nc(SC)nc3sc4c(c23)C[C@@](C)(CC)OC4)cc1. The van der Waals surface area contributed by atoms with Crippen LogP contribution in [0, 0.1) is 0 Å². The minimum Gasteiger partial charge on any atom is -0.494 e. The highest BCUT2D eigenvalue weighted by atomic mass is 32.2. The van der Waals surface area contributed by atoms with Crippen LogP contribution in [-0.2, 0) is 22.6 Å². The van der Waals surface area contributed by atoms with E-state index in [1.54, 1.807) is 11.3 Å². The summed E-state index contributed by atoms with van der Waals surface area (Å²) in [7, 11) is 0. The molecular formula is C23H27N3O3S3. The van der Waals surface area contributed by atoms with Gasteiger partial charge in [-0.05, 0) is 56.4 Å². The lowest BCUT2D eigenvalue weighted by molar-refractivity contribution is -0.113. The number of nitrogens with one attached hydrogen (secondary N) is 1. The molecule has 0 unspecified atom stereocenters. The zero-order valence-electron chi connectivity index (χ0n) is 18.7. The van der Waals surface area contributed by atoms with Gasteiger partial charge in [0.2, 0.25) is 5.91 Å². The van der Waals surface area contributed by atoms with Crippen LogP contribution in [0.25, 0.3) is 10.2 Å². The second kappa shape index (κ2) is 9.99. The molecule has 6 nitrogen and oxygen atoms in total. The molecule has 0 fully saturated rings. The molecule has 170 valence electrons. The monoisotopic (exact) mass is 489 g/mol. The number of benzene rings is 1. The first-order valence-corrected chi connectivity index (χ1v) is 13.6. The van der Waals surface area contributed by atoms with E-state index >= 15 is 0 Å². The second-order valence-corrected chi connectivity index (χ2v) is 10.6. The molecule has 1 aliphatic rings. The largest absolute Gasteiger partial charge is 0.494 e. The van der Waals surface area contributed by atoms with Gasteiger partial charge in [-0.2, -0.15) is 0 Å². The van der Waals surface area contributed by atoms with Crippen molar-refractivity contribution in [3.63, 3.8) is 0 Å². The third-order valence-corrected chi connectivity index (χ3v) is 8.12. The number of hydrogen-bond acceptors (Lipinski definition) is 8. The highest BCUT2D eigenvalue weighted by molar-refractivity contribution is 8.00. The topological polar surface area (TPSA) is 73.3 Å². The van der Waals surface area contributed by atoms with Crippen LogP contribution in [0.4, 0.5) is 5.69 Å². The Kier molecular flexibility index (Phi) is 7.29. The van der Waals surface area contributed by atoms with Crippen LogP contribution in [0.5, 0.6) is 5.75 Å². The molecule has 1 N–H and O–H groups in total. The van der Waals surface area contributed by atoms with Crippen LogP contribution in [0.1, 0.15) is 37.6 Å². The molecule has 2 aromatic heterocycles. The number of fused-ring (bicyclic) bond motifs is 3. The normalized spacial score (nSPS) is 17.9. The fourth-order valence-electron chi connectivity index (χ4n) is 3.57. The molecule has 0 saturated heterocycles. The summed E-state index contributed by atoms with van der Waals surface area (Å²) >= 11 is 4.67. The van der Waals surface area contributed by atoms with E-state index in [-0.39, 0.29) is 17.3 Å². The number of anilines is 1. The third-order valence-electron chi connectivity index (χ3n) is 5.50. The minimum absolute atomic E-state index is 0.0672. The van der Waals surface area contributed by atoms with Gasteiger partial charge in [-0.3, -0.25) is 4.79 Å². The predicted octanol–water partition coefficient (Wildman–Crippen LogP) is 5.78. The Labute approximate surface area is 200 Å². The van der Waals surface area contributed by atoms with E-state index in [2.05, 4.69) is 19.2 Å². The molecule has 1 aliphatic heterocycles. The maximum atomic E-state index is 12.6. The van der Waals surface area contributed by atoms with Crippen molar-refractivity contribution >= 4 is 56.7 Å². The molecule has 0 radical (unpaired) electrons. The molecule has 0 saturated carbocycles. The minimum atomic E-state index is -0.174. The molecular weight excluding hydrogens is 462 g/mol. The number of amides is 1. The van der Waals surface area contributed by atoms with E-state index in [0.717, 1.165) is 44.7 Å². The van der Waals surface area contributed by atoms with E-state index in [1.807, 2.05) is 37.4 Å². The smallest absolute Gasteiger partial charge is 0.234 e. The van der Waals surface area contributed by atoms with Crippen molar-refractivity contribution in [1.82, 2.24) is 9.97 Å². The summed E-state index contributed by atoms with van der Waals surface area (Å²) < 4.78 is 11.6. The standard InChI is InChI=1S/C23H27N3O3S3/c1-5-23(3)11-16-17(12-29-23)32-21-19(16)20(25-22(26-21)30-4)31-13-18(27)24-14-7-9-15(10-8-14)28-6-2/h7-10H,5-6,11-13H2,1-4H3,(H,24,27)/t23-/m1/s1. The second-order valence-electron chi connectivity index (χ2n) is 7.76. The first-order valence-electron chi connectivity index (χ1n) is 10.6. The Bertz CT molecular complexity index is 1120. The zero-order chi connectivity index (χ0) is 22.7. The number of rotatable bonds is 8. The number of ether oxygens (including phenoxy) is 2. The summed E-state index contributed by atoms with van der Waals surface area (Å²) in [6, 6.07) is 7.41. The number of aromatic nitrogens is 2. The molecule has 0 bridgehead atoms. The first-order chi connectivity index (χ1) is 15.4. The van der Waals surface area contributed by atoms with Gasteiger partial charge in [0, 0.05) is 22.4 Å². The van der Waals surface area contributed by atoms with Crippen molar-refractivity contribution in [2.45, 2.75) is 56.0 Å². The van der Waals surface area contributed by atoms with E-state index < -0.39 is 0 Å². The summed E-state index contributed by atoms with van der Waals surface area (Å²) in [5.74, 6) is 1.000. The fourth-order valence-corrected chi connectivity index (χ4v) is 6.08. The van der Waals surface area contributed by atoms with Gasteiger partial charge in [0.1, 0.15) is 15.6 Å². The maximum absolute atomic E-state index is 12.6. The number of carbonyl (C=O) groups is 1. The van der Waals surface area contributed by atoms with Gasteiger partial charge in [-0.1, -0.05) is 30.4 Å². The molecule has 1 atom stereocenters. The Morgan fingerprint density at radius 1 is 1.28 bits per heavy atom. The number of thioether (sulfide) groups is 2. The molecule has 3 aromatic rings. The van der Waals surface area contributed by atoms with Crippen molar-refractivity contribution in [3.05, 3.63) is 34.7 Å². The van der Waals surface area contributed by atoms with E-state index in [0.29, 0.717) is 13.2 Å². The van der Waals surface area contributed by atoms with Crippen molar-refractivity contribution < 1.29 is 14.3 Å². The van der Waals surface area contributed by atoms with E-state index in [1.165, 1.54) is 34.0 Å². The van der Waals surface area contributed by atoms with Gasteiger partial charge in [0.05, 0.1) is 24.6 Å². The zero-order valence-corrected chi connectivity index (χ0v) is 21.1. The Morgan fingerprint density at radius 3 is 2.75 bits per heavy atom. The molecule has 3 heterocycles. The molecule has 32 heavy (non-hydrogen) atoms. The van der Waals surface area contributed by atoms with Crippen LogP contribution < -0.4 is 10.1 Å². The third kappa shape index (κ3) is 5.06. The van der Waals surface area contributed by atoms with E-state index in [9.17, 15) is 4.79 Å². The number of hydrogen-bond donors (Lipinski definition) is 1. The molecule has 0 spiro atoms. The van der Waals surface area contributed by atoms with Crippen molar-refractivity contribution in [2.75, 3.05) is 23.9 Å². The first kappa shape index (κ1) is 23.4. The lowest BCUT2D eigenvalue weighted by Crippen LogP contribution is -2.33. The predicted molar refractivity (Wildman–Crippen MR) is 133 cm³/mol. The summed E-state index contributed by atoms with van der Waals surface area (Å²) in [5.41, 5.74) is 1.86. The van der Waals surface area contributed by atoms with Crippen molar-refractivity contribution in [3.8, 4) is 5.75 Å². The van der Waals surface area contributed by atoms with Crippen LogP contribution >= 0.6 is 34.9 Å². The Balaban J connectivity index is 1.54. The van der Waals surface area contributed by atoms with Crippen LogP contribution in [0.2, 0.25) is 0 Å². The average molecular weight is 490 g/mol. The fraction of sp³-hybridized carbons (Fsp3) is 0.435. The summed E-state index contributed by atoms with van der Waals surface area (Å²) in [6.45, 7) is 7.48. The van der Waals surface area contributed by atoms with Gasteiger partial charge >= 0.3 is 0 Å². The number of nitrogens with zero attached hydrogens (tertiary/aromatic N) is 2. The highest BCUT2D eigenvalue weighted by Gasteiger charge is 2.33. The molecule has 1 aromatic carbocycles.